The summed E-state index contributed by atoms with van der Waals surface area (Å²) in [5, 5.41) is 0. The minimum atomic E-state index is 1.12. The predicted molar refractivity (Wildman–Crippen MR) is 186 cm³/mol. The maximum absolute atomic E-state index is 2.30. The van der Waals surface area contributed by atoms with E-state index in [1.54, 1.807) is 0 Å². The molecule has 0 heteroatoms. The highest BCUT2D eigenvalue weighted by Gasteiger charge is 1.88. The van der Waals surface area contributed by atoms with Crippen molar-refractivity contribution in [2.24, 2.45) is 0 Å². The molecule has 0 aromatic carbocycles. The molecule has 0 rings (SSSR count). The van der Waals surface area contributed by atoms with Gasteiger partial charge in [0, 0.05) is 0 Å². The van der Waals surface area contributed by atoms with Gasteiger partial charge in [0.05, 0.1) is 0 Å². The fourth-order valence-electron chi connectivity index (χ4n) is 3.41. The summed E-state index contributed by atoms with van der Waals surface area (Å²) < 4.78 is 0. The van der Waals surface area contributed by atoms with Crippen molar-refractivity contribution in [1.82, 2.24) is 0 Å². The molecular formula is C40H56. The van der Waals surface area contributed by atoms with Gasteiger partial charge in [0.15, 0.2) is 0 Å². The molecule has 0 unspecified atom stereocenters. The summed E-state index contributed by atoms with van der Waals surface area (Å²) in [6.45, 7) is 21.5. The first-order valence-corrected chi connectivity index (χ1v) is 14.7. The molecule has 0 aliphatic heterocycles. The molecule has 0 aliphatic rings. The van der Waals surface area contributed by atoms with Gasteiger partial charge in [0.2, 0.25) is 0 Å². The minimum absolute atomic E-state index is 1.12. The first-order valence-electron chi connectivity index (χ1n) is 14.7. The molecule has 0 heterocycles. The fraction of sp³-hybridized carbons (Fsp3) is 0.350. The van der Waals surface area contributed by atoms with Crippen LogP contribution in [0, 0.1) is 0 Å². The van der Waals surface area contributed by atoms with E-state index in [0.717, 1.165) is 25.7 Å². The molecule has 0 N–H and O–H groups in total. The molecule has 0 saturated carbocycles. The van der Waals surface area contributed by atoms with Crippen LogP contribution in [0.4, 0.5) is 0 Å². The molecule has 0 saturated heterocycles. The highest BCUT2D eigenvalue weighted by molar-refractivity contribution is 5.32. The molecular weight excluding hydrogens is 480 g/mol. The van der Waals surface area contributed by atoms with Crippen molar-refractivity contribution in [3.63, 3.8) is 0 Å². The summed E-state index contributed by atoms with van der Waals surface area (Å²) in [5.74, 6) is 0. The zero-order chi connectivity index (χ0) is 30.2. The maximum atomic E-state index is 2.30. The second kappa shape index (κ2) is 23.5. The second-order valence-electron chi connectivity index (χ2n) is 11.1. The molecule has 0 aromatic rings. The van der Waals surface area contributed by atoms with E-state index in [4.69, 9.17) is 0 Å². The Labute approximate surface area is 248 Å². The Morgan fingerprint density at radius 1 is 0.350 bits per heavy atom. The van der Waals surface area contributed by atoms with Crippen LogP contribution < -0.4 is 0 Å². The van der Waals surface area contributed by atoms with Gasteiger partial charge in [0.1, 0.15) is 0 Å². The number of hydrogen-bond acceptors (Lipinski definition) is 0. The van der Waals surface area contributed by atoms with Gasteiger partial charge in [-0.2, -0.15) is 0 Å². The Hall–Kier alpha value is -3.38. The topological polar surface area (TPSA) is 0 Å². The number of hydrogen-bond donors (Lipinski definition) is 0. The molecule has 0 aromatic heterocycles. The summed E-state index contributed by atoms with van der Waals surface area (Å²) in [5.41, 5.74) is 10.5. The van der Waals surface area contributed by atoms with Crippen molar-refractivity contribution in [3.05, 3.63) is 154 Å². The SMILES string of the molecule is CC(C)=CCC/C(C)=C/C=C\C(C)=C/C=C\C(C)=C/C=C\C=C(C)\C=C/C=C(C)/C=C\C=C(/C)CCC=C(C)C. The first-order chi connectivity index (χ1) is 19.0. The van der Waals surface area contributed by atoms with Crippen LogP contribution in [0.2, 0.25) is 0 Å². The van der Waals surface area contributed by atoms with Crippen LogP contribution in [0.25, 0.3) is 0 Å². The monoisotopic (exact) mass is 536 g/mol. The summed E-state index contributed by atoms with van der Waals surface area (Å²) in [4.78, 5) is 0. The number of rotatable bonds is 16. The first kappa shape index (κ1) is 36.6. The smallest absolute Gasteiger partial charge is 0.0285 e. The van der Waals surface area contributed by atoms with E-state index in [2.05, 4.69) is 179 Å². The van der Waals surface area contributed by atoms with Crippen LogP contribution in [0.3, 0.4) is 0 Å². The van der Waals surface area contributed by atoms with Crippen molar-refractivity contribution in [2.75, 3.05) is 0 Å². The molecule has 40 heavy (non-hydrogen) atoms. The Kier molecular flexibility index (Phi) is 21.5. The van der Waals surface area contributed by atoms with Crippen molar-refractivity contribution < 1.29 is 0 Å². The van der Waals surface area contributed by atoms with E-state index in [-0.39, 0.29) is 0 Å². The molecule has 0 bridgehead atoms. The lowest BCUT2D eigenvalue weighted by molar-refractivity contribution is 0.967. The van der Waals surface area contributed by atoms with Crippen molar-refractivity contribution in [1.29, 1.82) is 0 Å². The highest BCUT2D eigenvalue weighted by Crippen LogP contribution is 2.09. The third kappa shape index (κ3) is 24.9. The van der Waals surface area contributed by atoms with Gasteiger partial charge < -0.3 is 0 Å². The third-order valence-corrected chi connectivity index (χ3v) is 5.93. The van der Waals surface area contributed by atoms with Crippen LogP contribution in [0.1, 0.15) is 94.9 Å². The van der Waals surface area contributed by atoms with E-state index in [0.29, 0.717) is 0 Å². The quantitative estimate of drug-likeness (QED) is 0.136. The lowest BCUT2D eigenvalue weighted by atomic mass is 10.1. The Balaban J connectivity index is 4.70. The highest BCUT2D eigenvalue weighted by atomic mass is 13.9. The average molecular weight is 537 g/mol. The standard InChI is InChI=1S/C40H56/c1-33(2)19-13-23-37(7)27-17-31-39(9)29-15-25-35(5)21-11-12-22-36(6)26-16-30-40(10)32-18-28-38(8)24-14-20-34(3)4/h11-12,15-22,25-32H,13-14,23-24H2,1-10H3/b12-11-,25-15-,26-16-,31-17-,32-18-,35-21-,36-22+,37-27+,38-28+,39-29-,40-30+. The summed E-state index contributed by atoms with van der Waals surface area (Å²) in [7, 11) is 0. The second-order valence-corrected chi connectivity index (χ2v) is 11.1. The molecule has 0 fully saturated rings. The zero-order valence-electron chi connectivity index (χ0n) is 27.2. The van der Waals surface area contributed by atoms with Crippen molar-refractivity contribution >= 4 is 0 Å². The van der Waals surface area contributed by atoms with Gasteiger partial charge in [-0.25, -0.2) is 0 Å². The van der Waals surface area contributed by atoms with Gasteiger partial charge in [0.25, 0.3) is 0 Å². The van der Waals surface area contributed by atoms with E-state index in [1.165, 1.54) is 44.6 Å². The average Bonchev–Trinajstić information content (AvgIpc) is 2.86. The zero-order valence-corrected chi connectivity index (χ0v) is 27.2. The Bertz CT molecular complexity index is 1050. The molecule has 0 nitrogen and oxygen atoms in total. The van der Waals surface area contributed by atoms with E-state index >= 15 is 0 Å². The van der Waals surface area contributed by atoms with Crippen LogP contribution in [-0.4, -0.2) is 0 Å². The summed E-state index contributed by atoms with van der Waals surface area (Å²) in [6.07, 6.45) is 43.3. The third-order valence-electron chi connectivity index (χ3n) is 5.93. The lowest BCUT2D eigenvalue weighted by Crippen LogP contribution is -1.76. The van der Waals surface area contributed by atoms with Crippen molar-refractivity contribution in [2.45, 2.75) is 94.9 Å². The molecule has 0 aliphatic carbocycles. The van der Waals surface area contributed by atoms with Crippen LogP contribution in [-0.2, 0) is 0 Å². The minimum Gasteiger partial charge on any atom is -0.0856 e. The van der Waals surface area contributed by atoms with Gasteiger partial charge in [-0.05, 0) is 94.9 Å². The van der Waals surface area contributed by atoms with Crippen molar-refractivity contribution in [3.8, 4) is 0 Å². The number of allylic oxidation sites excluding steroid dienone is 26. The summed E-state index contributed by atoms with van der Waals surface area (Å²) in [6, 6.07) is 0. The molecule has 0 spiro atoms. The van der Waals surface area contributed by atoms with E-state index < -0.39 is 0 Å². The van der Waals surface area contributed by atoms with Gasteiger partial charge >= 0.3 is 0 Å². The van der Waals surface area contributed by atoms with E-state index in [1.807, 2.05) is 0 Å². The van der Waals surface area contributed by atoms with Gasteiger partial charge in [-0.15, -0.1) is 0 Å². The lowest BCUT2D eigenvalue weighted by Gasteiger charge is -1.96. The van der Waals surface area contributed by atoms with E-state index in [9.17, 15) is 0 Å². The van der Waals surface area contributed by atoms with Gasteiger partial charge in [-0.3, -0.25) is 0 Å². The fourth-order valence-corrected chi connectivity index (χ4v) is 3.41. The Morgan fingerprint density at radius 2 is 0.625 bits per heavy atom. The summed E-state index contributed by atoms with van der Waals surface area (Å²) >= 11 is 0. The molecule has 0 radical (unpaired) electrons. The van der Waals surface area contributed by atoms with Crippen LogP contribution in [0.5, 0.6) is 0 Å². The van der Waals surface area contributed by atoms with Crippen LogP contribution >= 0.6 is 0 Å². The van der Waals surface area contributed by atoms with Gasteiger partial charge in [-0.1, -0.05) is 154 Å². The normalized spacial score (nSPS) is 15.1. The molecule has 0 atom stereocenters. The molecule has 0 amide bonds. The largest absolute Gasteiger partial charge is 0.0856 e. The molecule has 216 valence electrons. The Morgan fingerprint density at radius 3 is 0.925 bits per heavy atom. The maximum Gasteiger partial charge on any atom is -0.0285 e. The van der Waals surface area contributed by atoms with Crippen LogP contribution in [0.15, 0.2) is 154 Å². The predicted octanol–water partition coefficient (Wildman–Crippen LogP) is 12.9.